The fraction of sp³-hybridized carbons (Fsp3) is 0.188. The average Bonchev–Trinajstić information content (AvgIpc) is 2.53. The molecule has 1 heterocycles. The maximum absolute atomic E-state index is 11.3. The van der Waals surface area contributed by atoms with E-state index < -0.39 is 17.5 Å². The number of carbonyl (C=O) groups is 2. The molecule has 0 aliphatic rings. The van der Waals surface area contributed by atoms with Crippen LogP contribution in [0.1, 0.15) is 5.56 Å². The van der Waals surface area contributed by atoms with Crippen molar-refractivity contribution in [1.82, 2.24) is 4.98 Å². The van der Waals surface area contributed by atoms with Gasteiger partial charge in [-0.05, 0) is 22.8 Å². The van der Waals surface area contributed by atoms with Crippen molar-refractivity contribution in [2.24, 2.45) is 0 Å². The van der Waals surface area contributed by atoms with E-state index in [0.717, 1.165) is 18.2 Å². The summed E-state index contributed by atoms with van der Waals surface area (Å²) in [5.74, 6) is -3.06. The van der Waals surface area contributed by atoms with Crippen LogP contribution < -0.4 is 0 Å². The Morgan fingerprint density at radius 2 is 1.73 bits per heavy atom. The summed E-state index contributed by atoms with van der Waals surface area (Å²) in [7, 11) is 1.08. The van der Waals surface area contributed by atoms with Gasteiger partial charge in [-0.3, -0.25) is 4.98 Å². The van der Waals surface area contributed by atoms with Crippen LogP contribution in [0.15, 0.2) is 48.8 Å². The quantitative estimate of drug-likeness (QED) is 0.790. The van der Waals surface area contributed by atoms with E-state index in [1.165, 1.54) is 0 Å². The second-order valence-corrected chi connectivity index (χ2v) is 4.76. The Bertz CT molecular complexity index is 653. The maximum atomic E-state index is 11.3. The number of rotatable bonds is 6. The third kappa shape index (κ3) is 2.96. The number of ether oxygens (including phenoxy) is 1. The summed E-state index contributed by atoms with van der Waals surface area (Å²) in [6.45, 7) is 0. The number of hydrogen-bond donors (Lipinski definition) is 2. The SMILES string of the molecule is COC(Cc1ccc(-c2cccnc2)cc1)(C(=O)O)C(=O)O. The summed E-state index contributed by atoms with van der Waals surface area (Å²) in [6.07, 6.45) is 3.12. The fourth-order valence-electron chi connectivity index (χ4n) is 2.13. The first kappa shape index (κ1) is 15.7. The zero-order chi connectivity index (χ0) is 16.2. The first-order valence-electron chi connectivity index (χ1n) is 6.51. The molecule has 22 heavy (non-hydrogen) atoms. The third-order valence-corrected chi connectivity index (χ3v) is 3.44. The molecule has 6 nitrogen and oxygen atoms in total. The smallest absolute Gasteiger partial charge is 0.348 e. The van der Waals surface area contributed by atoms with E-state index in [0.29, 0.717) is 5.56 Å². The lowest BCUT2D eigenvalue weighted by atomic mass is 9.93. The van der Waals surface area contributed by atoms with E-state index in [-0.39, 0.29) is 6.42 Å². The third-order valence-electron chi connectivity index (χ3n) is 3.44. The molecule has 0 saturated heterocycles. The first-order valence-corrected chi connectivity index (χ1v) is 6.51. The van der Waals surface area contributed by atoms with Crippen LogP contribution in [-0.2, 0) is 20.7 Å². The predicted octanol–water partition coefficient (Wildman–Crippen LogP) is 1.85. The van der Waals surface area contributed by atoms with Crippen LogP contribution in [0.5, 0.6) is 0 Å². The summed E-state index contributed by atoms with van der Waals surface area (Å²) in [5, 5.41) is 18.3. The molecule has 6 heteroatoms. The van der Waals surface area contributed by atoms with Gasteiger partial charge in [0.2, 0.25) is 0 Å². The Labute approximate surface area is 127 Å². The fourth-order valence-corrected chi connectivity index (χ4v) is 2.13. The van der Waals surface area contributed by atoms with Crippen molar-refractivity contribution in [2.75, 3.05) is 7.11 Å². The standard InChI is InChI=1S/C16H15NO5/c1-22-16(14(18)19,15(20)21)9-11-4-6-12(7-5-11)13-3-2-8-17-10-13/h2-8,10H,9H2,1H3,(H,18,19)(H,20,21). The molecular formula is C16H15NO5. The van der Waals surface area contributed by atoms with Gasteiger partial charge in [-0.15, -0.1) is 0 Å². The van der Waals surface area contributed by atoms with Gasteiger partial charge >= 0.3 is 11.9 Å². The van der Waals surface area contributed by atoms with Gasteiger partial charge in [-0.1, -0.05) is 30.3 Å². The van der Waals surface area contributed by atoms with Gasteiger partial charge in [-0.2, -0.15) is 0 Å². The number of hydrogen-bond acceptors (Lipinski definition) is 4. The Hall–Kier alpha value is -2.73. The predicted molar refractivity (Wildman–Crippen MR) is 78.4 cm³/mol. The summed E-state index contributed by atoms with van der Waals surface area (Å²) in [4.78, 5) is 26.6. The summed E-state index contributed by atoms with van der Waals surface area (Å²) in [5.41, 5.74) is 0.101. The Kier molecular flexibility index (Phi) is 4.53. The second-order valence-electron chi connectivity index (χ2n) is 4.76. The molecule has 0 unspecified atom stereocenters. The van der Waals surface area contributed by atoms with Gasteiger partial charge in [0, 0.05) is 25.9 Å². The molecule has 0 aliphatic heterocycles. The minimum absolute atomic E-state index is 0.262. The largest absolute Gasteiger partial charge is 0.479 e. The molecule has 0 spiro atoms. The highest BCUT2D eigenvalue weighted by Crippen LogP contribution is 2.22. The molecule has 0 atom stereocenters. The van der Waals surface area contributed by atoms with Gasteiger partial charge in [0.1, 0.15) is 0 Å². The molecule has 0 radical (unpaired) electrons. The Morgan fingerprint density at radius 1 is 1.09 bits per heavy atom. The minimum atomic E-state index is -2.28. The van der Waals surface area contributed by atoms with E-state index in [1.54, 1.807) is 36.7 Å². The summed E-state index contributed by atoms with van der Waals surface area (Å²) < 4.78 is 4.77. The molecule has 0 fully saturated rings. The van der Waals surface area contributed by atoms with E-state index in [4.69, 9.17) is 4.74 Å². The maximum Gasteiger partial charge on any atom is 0.348 e. The number of nitrogens with zero attached hydrogens (tertiary/aromatic N) is 1. The minimum Gasteiger partial charge on any atom is -0.479 e. The van der Waals surface area contributed by atoms with E-state index in [9.17, 15) is 19.8 Å². The van der Waals surface area contributed by atoms with Crippen LogP contribution in [-0.4, -0.2) is 39.8 Å². The number of methoxy groups -OCH3 is 1. The van der Waals surface area contributed by atoms with Gasteiger partial charge in [0.15, 0.2) is 0 Å². The molecule has 114 valence electrons. The van der Waals surface area contributed by atoms with Crippen LogP contribution in [0.3, 0.4) is 0 Å². The highest BCUT2D eigenvalue weighted by Gasteiger charge is 2.47. The number of carboxylic acid groups (broad SMARTS) is 2. The monoisotopic (exact) mass is 301 g/mol. The van der Waals surface area contributed by atoms with Crippen molar-refractivity contribution in [1.29, 1.82) is 0 Å². The molecule has 1 aromatic heterocycles. The van der Waals surface area contributed by atoms with Crippen molar-refractivity contribution in [3.63, 3.8) is 0 Å². The zero-order valence-electron chi connectivity index (χ0n) is 11.9. The van der Waals surface area contributed by atoms with Gasteiger partial charge in [0.05, 0.1) is 0 Å². The van der Waals surface area contributed by atoms with Crippen molar-refractivity contribution in [3.8, 4) is 11.1 Å². The van der Waals surface area contributed by atoms with E-state index in [1.807, 2.05) is 12.1 Å². The number of carboxylic acids is 2. The van der Waals surface area contributed by atoms with Gasteiger partial charge in [0.25, 0.3) is 5.60 Å². The molecule has 2 aromatic rings. The van der Waals surface area contributed by atoms with Crippen LogP contribution in [0.4, 0.5) is 0 Å². The van der Waals surface area contributed by atoms with Crippen molar-refractivity contribution >= 4 is 11.9 Å². The van der Waals surface area contributed by atoms with Crippen molar-refractivity contribution < 1.29 is 24.5 Å². The summed E-state index contributed by atoms with van der Waals surface area (Å²) >= 11 is 0. The van der Waals surface area contributed by atoms with Crippen LogP contribution >= 0.6 is 0 Å². The molecule has 0 bridgehead atoms. The highest BCUT2D eigenvalue weighted by molar-refractivity contribution is 6.02. The second kappa shape index (κ2) is 6.36. The summed E-state index contributed by atoms with van der Waals surface area (Å²) in [6, 6.07) is 10.7. The molecule has 0 saturated carbocycles. The first-order chi connectivity index (χ1) is 10.5. The lowest BCUT2D eigenvalue weighted by Gasteiger charge is -2.23. The Balaban J connectivity index is 2.27. The number of aromatic nitrogens is 1. The zero-order valence-corrected chi connectivity index (χ0v) is 11.9. The van der Waals surface area contributed by atoms with Gasteiger partial charge in [-0.25, -0.2) is 9.59 Å². The van der Waals surface area contributed by atoms with E-state index in [2.05, 4.69) is 4.98 Å². The molecule has 2 rings (SSSR count). The topological polar surface area (TPSA) is 96.7 Å². The molecule has 2 N–H and O–H groups in total. The highest BCUT2D eigenvalue weighted by atomic mass is 16.5. The normalized spacial score (nSPS) is 11.1. The average molecular weight is 301 g/mol. The number of pyridine rings is 1. The number of aliphatic carboxylic acids is 2. The molecule has 0 aliphatic carbocycles. The van der Waals surface area contributed by atoms with Crippen LogP contribution in [0, 0.1) is 0 Å². The molecule has 0 amide bonds. The van der Waals surface area contributed by atoms with Crippen LogP contribution in [0.25, 0.3) is 11.1 Å². The lowest BCUT2D eigenvalue weighted by molar-refractivity contribution is -0.179. The Morgan fingerprint density at radius 3 is 2.18 bits per heavy atom. The molecular weight excluding hydrogens is 286 g/mol. The van der Waals surface area contributed by atoms with Crippen molar-refractivity contribution in [2.45, 2.75) is 12.0 Å². The van der Waals surface area contributed by atoms with Crippen molar-refractivity contribution in [3.05, 3.63) is 54.4 Å². The van der Waals surface area contributed by atoms with Crippen LogP contribution in [0.2, 0.25) is 0 Å². The molecule has 1 aromatic carbocycles. The lowest BCUT2D eigenvalue weighted by Crippen LogP contribution is -2.50. The van der Waals surface area contributed by atoms with E-state index >= 15 is 0 Å². The van der Waals surface area contributed by atoms with Gasteiger partial charge < -0.3 is 14.9 Å². The number of benzene rings is 1.